The van der Waals surface area contributed by atoms with Crippen molar-refractivity contribution in [3.05, 3.63) is 135 Å². The van der Waals surface area contributed by atoms with Gasteiger partial charge in [-0.3, -0.25) is 9.59 Å². The highest BCUT2D eigenvalue weighted by Crippen LogP contribution is 2.31. The third-order valence-electron chi connectivity index (χ3n) is 9.43. The highest BCUT2D eigenvalue weighted by atomic mass is 19.4. The summed E-state index contributed by atoms with van der Waals surface area (Å²) in [7, 11) is 0. The molecule has 5 rings (SSSR count). The molecule has 0 aliphatic carbocycles. The van der Waals surface area contributed by atoms with Crippen LogP contribution in [0.1, 0.15) is 36.4 Å². The lowest BCUT2D eigenvalue weighted by Gasteiger charge is -2.28. The number of hydrogen-bond acceptors (Lipinski definition) is 8. The number of carboxylic acids is 2. The van der Waals surface area contributed by atoms with E-state index < -0.39 is 53.1 Å². The van der Waals surface area contributed by atoms with Crippen LogP contribution in [0.4, 0.5) is 22.0 Å². The second kappa shape index (κ2) is 20.6. The van der Waals surface area contributed by atoms with Crippen LogP contribution in [-0.2, 0) is 46.5 Å². The normalized spacial score (nSPS) is 12.4. The molecule has 12 nitrogen and oxygen atoms in total. The number of hydrogen-bond donors (Lipinski definition) is 4. The smallest absolute Gasteiger partial charge is 0.416 e. The van der Waals surface area contributed by atoms with Gasteiger partial charge in [-0.2, -0.15) is 18.2 Å². The summed E-state index contributed by atoms with van der Waals surface area (Å²) < 4.78 is 68.6. The molecule has 59 heavy (non-hydrogen) atoms. The molecule has 1 aromatic heterocycles. The first-order chi connectivity index (χ1) is 27.9. The van der Waals surface area contributed by atoms with Crippen molar-refractivity contribution in [2.45, 2.75) is 58.2 Å². The molecule has 0 fully saturated rings. The van der Waals surface area contributed by atoms with E-state index in [1.165, 1.54) is 24.3 Å². The number of halogens is 5. The summed E-state index contributed by atoms with van der Waals surface area (Å²) in [6.45, 7) is 6.90. The van der Waals surface area contributed by atoms with Gasteiger partial charge in [0.2, 0.25) is 5.91 Å². The third kappa shape index (κ3) is 12.7. The maximum Gasteiger partial charge on any atom is 0.416 e. The molecular formula is C42H43F5N4O8. The van der Waals surface area contributed by atoms with Crippen molar-refractivity contribution in [1.29, 1.82) is 0 Å². The number of aliphatic hydroxyl groups is 2. The molecule has 4 aromatic carbocycles. The van der Waals surface area contributed by atoms with Gasteiger partial charge in [0.05, 0.1) is 16.5 Å². The molecule has 314 valence electrons. The lowest BCUT2D eigenvalue weighted by atomic mass is 10.0. The molecule has 0 saturated carbocycles. The van der Waals surface area contributed by atoms with E-state index in [0.29, 0.717) is 40.9 Å². The largest absolute Gasteiger partial charge is 0.479 e. The van der Waals surface area contributed by atoms with Crippen molar-refractivity contribution in [2.75, 3.05) is 26.2 Å². The summed E-state index contributed by atoms with van der Waals surface area (Å²) >= 11 is 0. The van der Waals surface area contributed by atoms with Crippen molar-refractivity contribution in [2.24, 2.45) is 0 Å². The minimum atomic E-state index is -4.41. The van der Waals surface area contributed by atoms with Crippen molar-refractivity contribution in [1.82, 2.24) is 19.4 Å². The number of carbonyl (C=O) groups is 3. The number of aromatic nitrogens is 2. The molecule has 4 N–H and O–H groups in total. The third-order valence-corrected chi connectivity index (χ3v) is 9.43. The van der Waals surface area contributed by atoms with Gasteiger partial charge in [-0.25, -0.2) is 18.4 Å². The zero-order valence-electron chi connectivity index (χ0n) is 32.1. The van der Waals surface area contributed by atoms with E-state index in [1.54, 1.807) is 33.7 Å². The predicted octanol–water partition coefficient (Wildman–Crippen LogP) is 5.39. The maximum absolute atomic E-state index is 14.1. The highest BCUT2D eigenvalue weighted by molar-refractivity contribution is 5.83. The van der Waals surface area contributed by atoms with Crippen molar-refractivity contribution in [3.63, 3.8) is 0 Å². The zero-order chi connectivity index (χ0) is 43.4. The average Bonchev–Trinajstić information content (AvgIpc) is 3.20. The fourth-order valence-electron chi connectivity index (χ4n) is 6.12. The monoisotopic (exact) mass is 826 g/mol. The molecule has 5 aromatic rings. The van der Waals surface area contributed by atoms with Gasteiger partial charge in [-0.15, -0.1) is 0 Å². The first kappa shape index (κ1) is 45.7. The molecule has 0 aliphatic rings. The number of fused-ring (bicyclic) bond motifs is 1. The summed E-state index contributed by atoms with van der Waals surface area (Å²) in [5, 5.41) is 32.9. The minimum Gasteiger partial charge on any atom is -0.479 e. The number of alkyl halides is 3. The molecular weight excluding hydrogens is 783 g/mol. The van der Waals surface area contributed by atoms with E-state index in [0.717, 1.165) is 42.4 Å². The molecule has 0 bridgehead atoms. The Balaban J connectivity index is 0.000000680. The molecule has 0 saturated heterocycles. The van der Waals surface area contributed by atoms with Crippen molar-refractivity contribution >= 4 is 28.7 Å². The Kier molecular flexibility index (Phi) is 15.9. The van der Waals surface area contributed by atoms with Crippen molar-refractivity contribution < 1.29 is 56.8 Å². The van der Waals surface area contributed by atoms with Gasteiger partial charge in [-0.05, 0) is 78.2 Å². The van der Waals surface area contributed by atoms with E-state index in [4.69, 9.17) is 20.4 Å². The first-order valence-electron chi connectivity index (χ1n) is 18.4. The fourth-order valence-corrected chi connectivity index (χ4v) is 6.12. The molecule has 1 heterocycles. The lowest BCUT2D eigenvalue weighted by Crippen LogP contribution is -2.40. The lowest BCUT2D eigenvalue weighted by molar-refractivity contribution is -0.165. The Morgan fingerprint density at radius 3 is 1.81 bits per heavy atom. The van der Waals surface area contributed by atoms with Gasteiger partial charge in [0.1, 0.15) is 24.0 Å². The minimum absolute atomic E-state index is 0.122. The highest BCUT2D eigenvalue weighted by Gasteiger charge is 2.30. The molecule has 2 unspecified atom stereocenters. The van der Waals surface area contributed by atoms with Crippen LogP contribution in [-0.4, -0.2) is 96.0 Å². The van der Waals surface area contributed by atoms with Gasteiger partial charge in [0.15, 0.2) is 12.2 Å². The number of aliphatic hydroxyl groups excluding tert-OH is 2. The number of aryl methyl sites for hydroxylation is 2. The Morgan fingerprint density at radius 2 is 1.29 bits per heavy atom. The molecule has 0 spiro atoms. The molecule has 0 aliphatic heterocycles. The van der Waals surface area contributed by atoms with Gasteiger partial charge in [0, 0.05) is 32.1 Å². The SMILES string of the molecule is CCN(CC)CCN(Cc1ccc(-c2ccc(C(F)(F)F)cc2)cc1)C(=O)Cn1c(CCc2cc(F)cc(F)c2)nc(=O)c2ccccc21.O=C(O)C(O)C(O)C(=O)O. The van der Waals surface area contributed by atoms with Gasteiger partial charge >= 0.3 is 18.1 Å². The number of carboxylic acid groups (broad SMARTS) is 2. The van der Waals surface area contributed by atoms with Crippen LogP contribution in [0.25, 0.3) is 22.0 Å². The van der Waals surface area contributed by atoms with E-state index in [1.807, 2.05) is 38.1 Å². The number of carbonyl (C=O) groups excluding carboxylic acids is 1. The van der Waals surface area contributed by atoms with Gasteiger partial charge < -0.3 is 34.8 Å². The topological polar surface area (TPSA) is 174 Å². The summed E-state index contributed by atoms with van der Waals surface area (Å²) in [5.41, 5.74) is 1.98. The Bertz CT molecular complexity index is 2240. The summed E-state index contributed by atoms with van der Waals surface area (Å²) in [6.07, 6.45) is -8.58. The summed E-state index contributed by atoms with van der Waals surface area (Å²) in [5.74, 6) is -4.83. The molecule has 17 heteroatoms. The maximum atomic E-state index is 14.1. The van der Waals surface area contributed by atoms with Crippen molar-refractivity contribution in [3.8, 4) is 11.1 Å². The van der Waals surface area contributed by atoms with Crippen LogP contribution < -0.4 is 5.56 Å². The Hall–Kier alpha value is -6.04. The Labute approximate surface area is 335 Å². The van der Waals surface area contributed by atoms with E-state index >= 15 is 0 Å². The predicted molar refractivity (Wildman–Crippen MR) is 207 cm³/mol. The second-order valence-electron chi connectivity index (χ2n) is 13.4. The fraction of sp³-hybridized carbons (Fsp3) is 0.310. The quantitative estimate of drug-likeness (QED) is 0.0945. The van der Waals surface area contributed by atoms with Gasteiger partial charge in [-0.1, -0.05) is 62.4 Å². The second-order valence-corrected chi connectivity index (χ2v) is 13.4. The van der Waals surface area contributed by atoms with Crippen LogP contribution in [0.2, 0.25) is 0 Å². The number of likely N-dealkylation sites (N-methyl/N-ethyl adjacent to an activating group) is 1. The number of amides is 1. The molecule has 2 atom stereocenters. The van der Waals surface area contributed by atoms with Crippen LogP contribution in [0.5, 0.6) is 0 Å². The zero-order valence-corrected chi connectivity index (χ0v) is 32.1. The summed E-state index contributed by atoms with van der Waals surface area (Å²) in [4.78, 5) is 54.9. The van der Waals surface area contributed by atoms with E-state index in [9.17, 15) is 41.1 Å². The standard InChI is InChI=1S/C38H37F5N4O2.C4H6O6/c1-3-45(4-2)19-20-46(24-26-9-12-28(13-10-26)29-14-16-30(17-15-29)38(41,42)43)36(48)25-47-34-8-6-5-7-33(34)37(49)44-35(47)18-11-27-21-31(39)23-32(40)22-27;5-1(3(7)8)2(6)4(9)10/h5-10,12-17,21-23H,3-4,11,18-20,24-25H2,1-2H3;1-2,5-6H,(H,7,8)(H,9,10). The van der Waals surface area contributed by atoms with Crippen LogP contribution >= 0.6 is 0 Å². The number of nitrogens with zero attached hydrogens (tertiary/aromatic N) is 4. The number of benzene rings is 4. The van der Waals surface area contributed by atoms with Gasteiger partial charge in [0.25, 0.3) is 5.56 Å². The number of rotatable bonds is 16. The van der Waals surface area contributed by atoms with E-state index in [-0.39, 0.29) is 31.8 Å². The van der Waals surface area contributed by atoms with Crippen LogP contribution in [0.3, 0.4) is 0 Å². The summed E-state index contributed by atoms with van der Waals surface area (Å²) in [6, 6.07) is 22.4. The first-order valence-corrected chi connectivity index (χ1v) is 18.4. The molecule has 0 radical (unpaired) electrons. The van der Waals surface area contributed by atoms with Crippen LogP contribution in [0.15, 0.2) is 95.8 Å². The number of aliphatic carboxylic acids is 2. The molecule has 1 amide bonds. The average molecular weight is 827 g/mol. The number of para-hydroxylation sites is 1. The van der Waals surface area contributed by atoms with Crippen LogP contribution in [0, 0.1) is 11.6 Å². The Morgan fingerprint density at radius 1 is 0.746 bits per heavy atom. The van der Waals surface area contributed by atoms with E-state index in [2.05, 4.69) is 9.88 Å².